The average Bonchev–Trinajstić information content (AvgIpc) is 2.75. The van der Waals surface area contributed by atoms with Crippen LogP contribution in [0.4, 0.5) is 0 Å². The van der Waals surface area contributed by atoms with Crippen molar-refractivity contribution >= 4 is 0 Å². The molecule has 12 saturated carbocycles. The maximum atomic E-state index is 2.58. The molecule has 194 valence electrons. The van der Waals surface area contributed by atoms with Gasteiger partial charge in [0.2, 0.25) is 0 Å². The van der Waals surface area contributed by atoms with E-state index in [2.05, 4.69) is 13.8 Å². The molecule has 0 aromatic heterocycles. The Balaban J connectivity index is 1.08. The minimum Gasteiger partial charge on any atom is -0.0649 e. The molecule has 35 heavy (non-hydrogen) atoms. The van der Waals surface area contributed by atoms with Crippen LogP contribution in [-0.2, 0) is 0 Å². The number of hydrogen-bond donors (Lipinski definition) is 0. The lowest BCUT2D eigenvalue weighted by molar-refractivity contribution is -0.248. The summed E-state index contributed by atoms with van der Waals surface area (Å²) in [6.07, 6.45) is 34.5. The van der Waals surface area contributed by atoms with E-state index in [1.807, 2.05) is 0 Å². The molecule has 0 aromatic rings. The van der Waals surface area contributed by atoms with Gasteiger partial charge in [-0.2, -0.15) is 0 Å². The van der Waals surface area contributed by atoms with Gasteiger partial charge in [0.15, 0.2) is 0 Å². The molecule has 0 saturated heterocycles. The zero-order valence-electron chi connectivity index (χ0n) is 23.3. The molecule has 0 nitrogen and oxygen atoms in total. The molecule has 12 aliphatic carbocycles. The van der Waals surface area contributed by atoms with Gasteiger partial charge in [-0.15, -0.1) is 0 Å². The molecule has 0 aliphatic heterocycles. The third kappa shape index (κ3) is 2.83. The SMILES string of the molecule is CCC12CC3CC(C1)CC(CC14CC5CC(C1)CC(C16CC7CC(CC(CC)(C7)C1)C6)(C5)C4)(C3)C2. The molecule has 0 amide bonds. The first kappa shape index (κ1) is 21.9. The molecule has 6 atom stereocenters. The van der Waals surface area contributed by atoms with Crippen molar-refractivity contribution in [3.8, 4) is 0 Å². The van der Waals surface area contributed by atoms with Gasteiger partial charge in [-0.3, -0.25) is 0 Å². The van der Waals surface area contributed by atoms with E-state index >= 15 is 0 Å². The van der Waals surface area contributed by atoms with Gasteiger partial charge in [-0.05, 0) is 190 Å². The molecule has 6 unspecified atom stereocenters. The van der Waals surface area contributed by atoms with Crippen LogP contribution < -0.4 is 0 Å². The van der Waals surface area contributed by atoms with E-state index < -0.39 is 0 Å². The number of rotatable bonds is 5. The highest BCUT2D eigenvalue weighted by Crippen LogP contribution is 2.81. The standard InChI is InChI=1S/C35H54/c1-3-30-8-24-5-25(9-30)13-32(12-24,20-30)21-33-14-28-7-29(15-33)19-35(18-28,23-33)34-16-26-6-27(17-34)11-31(4-2,10-26)22-34/h24-29H,3-23H2,1-2H3. The van der Waals surface area contributed by atoms with Crippen LogP contribution in [-0.4, -0.2) is 0 Å². The molecule has 0 radical (unpaired) electrons. The predicted molar refractivity (Wildman–Crippen MR) is 144 cm³/mol. The molecule has 0 aromatic carbocycles. The molecule has 12 bridgehead atoms. The van der Waals surface area contributed by atoms with Gasteiger partial charge >= 0.3 is 0 Å². The quantitative estimate of drug-likeness (QED) is 0.372. The van der Waals surface area contributed by atoms with Gasteiger partial charge < -0.3 is 0 Å². The second-order valence-corrected chi connectivity index (χ2v) is 18.3. The first-order chi connectivity index (χ1) is 16.8. The average molecular weight is 475 g/mol. The van der Waals surface area contributed by atoms with Gasteiger partial charge in [-0.25, -0.2) is 0 Å². The lowest BCUT2D eigenvalue weighted by Gasteiger charge is -2.75. The molecule has 0 heteroatoms. The molecule has 0 N–H and O–H groups in total. The summed E-state index contributed by atoms with van der Waals surface area (Å²) in [5.74, 6) is 6.71. The Bertz CT molecular complexity index is 880. The minimum absolute atomic E-state index is 0.771. The van der Waals surface area contributed by atoms with Crippen molar-refractivity contribution in [2.75, 3.05) is 0 Å². The van der Waals surface area contributed by atoms with Crippen LogP contribution in [0.2, 0.25) is 0 Å². The topological polar surface area (TPSA) is 0 Å². The van der Waals surface area contributed by atoms with E-state index in [1.165, 1.54) is 12.8 Å². The van der Waals surface area contributed by atoms with Crippen LogP contribution in [0.1, 0.15) is 149 Å². The van der Waals surface area contributed by atoms with Gasteiger partial charge in [0, 0.05) is 0 Å². The summed E-state index contributed by atoms with van der Waals surface area (Å²) in [5.41, 5.74) is 4.65. The molecule has 12 fully saturated rings. The first-order valence-corrected chi connectivity index (χ1v) is 16.8. The fourth-order valence-electron chi connectivity index (χ4n) is 16.8. The van der Waals surface area contributed by atoms with E-state index in [4.69, 9.17) is 0 Å². The van der Waals surface area contributed by atoms with Crippen molar-refractivity contribution in [2.24, 2.45) is 68.0 Å². The molecular formula is C35H54. The predicted octanol–water partition coefficient (Wildman–Crippen LogP) is 9.96. The number of hydrogen-bond acceptors (Lipinski definition) is 0. The summed E-state index contributed by atoms with van der Waals surface area (Å²) in [6.45, 7) is 5.15. The highest BCUT2D eigenvalue weighted by atomic mass is 14.7. The third-order valence-corrected chi connectivity index (χ3v) is 16.0. The Kier molecular flexibility index (Phi) is 4.12. The van der Waals surface area contributed by atoms with Crippen molar-refractivity contribution in [1.82, 2.24) is 0 Å². The smallest absolute Gasteiger partial charge is 0.0230 e. The van der Waals surface area contributed by atoms with Gasteiger partial charge in [0.25, 0.3) is 0 Å². The van der Waals surface area contributed by atoms with Crippen molar-refractivity contribution in [2.45, 2.75) is 149 Å². The highest BCUT2D eigenvalue weighted by Gasteiger charge is 2.70. The van der Waals surface area contributed by atoms with Crippen LogP contribution in [0.3, 0.4) is 0 Å². The Morgan fingerprint density at radius 1 is 0.400 bits per heavy atom. The first-order valence-electron chi connectivity index (χ1n) is 16.8. The van der Waals surface area contributed by atoms with Crippen molar-refractivity contribution < 1.29 is 0 Å². The Labute approximate surface area is 216 Å². The Morgan fingerprint density at radius 2 is 0.714 bits per heavy atom. The third-order valence-electron chi connectivity index (χ3n) is 16.0. The molecule has 12 rings (SSSR count). The van der Waals surface area contributed by atoms with E-state index in [1.54, 1.807) is 122 Å². The van der Waals surface area contributed by atoms with Crippen LogP contribution in [0.15, 0.2) is 0 Å². The monoisotopic (exact) mass is 474 g/mol. The lowest BCUT2D eigenvalue weighted by Crippen LogP contribution is -2.65. The van der Waals surface area contributed by atoms with Crippen molar-refractivity contribution in [1.29, 1.82) is 0 Å². The fourth-order valence-corrected chi connectivity index (χ4v) is 16.8. The van der Waals surface area contributed by atoms with Crippen LogP contribution in [0.25, 0.3) is 0 Å². The van der Waals surface area contributed by atoms with E-state index in [-0.39, 0.29) is 0 Å². The van der Waals surface area contributed by atoms with Gasteiger partial charge in [0.05, 0.1) is 0 Å². The van der Waals surface area contributed by atoms with Gasteiger partial charge in [-0.1, -0.05) is 26.7 Å². The zero-order chi connectivity index (χ0) is 23.3. The largest absolute Gasteiger partial charge is 0.0649 e. The van der Waals surface area contributed by atoms with E-state index in [0.29, 0.717) is 0 Å². The Hall–Kier alpha value is 0. The maximum absolute atomic E-state index is 2.58. The second-order valence-electron chi connectivity index (χ2n) is 18.3. The summed E-state index contributed by atoms with van der Waals surface area (Å²) in [4.78, 5) is 0. The Morgan fingerprint density at radius 3 is 1.14 bits per heavy atom. The van der Waals surface area contributed by atoms with Gasteiger partial charge in [0.1, 0.15) is 0 Å². The van der Waals surface area contributed by atoms with Crippen molar-refractivity contribution in [3.05, 3.63) is 0 Å². The zero-order valence-corrected chi connectivity index (χ0v) is 23.3. The summed E-state index contributed by atoms with van der Waals surface area (Å²) in [5, 5.41) is 0. The second kappa shape index (κ2) is 6.58. The molecule has 12 aliphatic rings. The summed E-state index contributed by atoms with van der Waals surface area (Å²) in [6, 6.07) is 0. The lowest BCUT2D eigenvalue weighted by atomic mass is 9.30. The summed E-state index contributed by atoms with van der Waals surface area (Å²) >= 11 is 0. The minimum atomic E-state index is 0.771. The normalized spacial score (nSPS) is 65.0. The van der Waals surface area contributed by atoms with Crippen molar-refractivity contribution in [3.63, 3.8) is 0 Å². The van der Waals surface area contributed by atoms with Crippen LogP contribution in [0, 0.1) is 68.0 Å². The highest BCUT2D eigenvalue weighted by molar-refractivity contribution is 5.20. The van der Waals surface area contributed by atoms with E-state index in [0.717, 1.165) is 68.0 Å². The summed E-state index contributed by atoms with van der Waals surface area (Å²) in [7, 11) is 0. The molecule has 0 heterocycles. The fraction of sp³-hybridized carbons (Fsp3) is 1.00. The maximum Gasteiger partial charge on any atom is -0.0230 e. The molecule has 0 spiro atoms. The van der Waals surface area contributed by atoms with Crippen LogP contribution >= 0.6 is 0 Å². The van der Waals surface area contributed by atoms with Crippen LogP contribution in [0.5, 0.6) is 0 Å². The molecular weight excluding hydrogens is 420 g/mol. The van der Waals surface area contributed by atoms with E-state index in [9.17, 15) is 0 Å². The summed E-state index contributed by atoms with van der Waals surface area (Å²) < 4.78 is 0.